The standard InChI is InChI=1S/C15H12F2N2O/c1-2-19-13-8-10(17)3-5-12(13)18-15(19)11-7-9(16)4-6-14(11)20/h3-8,20H,2H2,1H3. The van der Waals surface area contributed by atoms with E-state index < -0.39 is 5.82 Å². The Morgan fingerprint density at radius 1 is 1.10 bits per heavy atom. The van der Waals surface area contributed by atoms with E-state index in [2.05, 4.69) is 4.98 Å². The molecule has 0 bridgehead atoms. The predicted molar refractivity (Wildman–Crippen MR) is 72.4 cm³/mol. The van der Waals surface area contributed by atoms with Gasteiger partial charge in [0.1, 0.15) is 23.2 Å². The first-order valence-corrected chi connectivity index (χ1v) is 6.25. The van der Waals surface area contributed by atoms with Gasteiger partial charge >= 0.3 is 0 Å². The van der Waals surface area contributed by atoms with Crippen LogP contribution in [0, 0.1) is 11.6 Å². The molecule has 0 unspecified atom stereocenters. The molecule has 1 N–H and O–H groups in total. The van der Waals surface area contributed by atoms with E-state index in [9.17, 15) is 13.9 Å². The second-order valence-electron chi connectivity index (χ2n) is 4.47. The van der Waals surface area contributed by atoms with Crippen LogP contribution in [0.1, 0.15) is 6.92 Å². The number of imidazole rings is 1. The van der Waals surface area contributed by atoms with Gasteiger partial charge in [-0.15, -0.1) is 0 Å². The van der Waals surface area contributed by atoms with Crippen LogP contribution in [0.5, 0.6) is 5.75 Å². The quantitative estimate of drug-likeness (QED) is 0.773. The lowest BCUT2D eigenvalue weighted by molar-refractivity contribution is 0.474. The fourth-order valence-corrected chi connectivity index (χ4v) is 2.31. The lowest BCUT2D eigenvalue weighted by Gasteiger charge is -2.07. The molecule has 3 rings (SSSR count). The Hall–Kier alpha value is -2.43. The average molecular weight is 274 g/mol. The van der Waals surface area contributed by atoms with Gasteiger partial charge in [-0.05, 0) is 43.3 Å². The topological polar surface area (TPSA) is 38.0 Å². The first kappa shape index (κ1) is 12.6. The molecule has 0 saturated carbocycles. The number of hydrogen-bond donors (Lipinski definition) is 1. The van der Waals surface area contributed by atoms with Crippen molar-refractivity contribution >= 4 is 11.0 Å². The number of rotatable bonds is 2. The van der Waals surface area contributed by atoms with E-state index in [0.717, 1.165) is 0 Å². The third-order valence-electron chi connectivity index (χ3n) is 3.23. The first-order chi connectivity index (χ1) is 9.60. The molecule has 102 valence electrons. The maximum Gasteiger partial charge on any atom is 0.144 e. The van der Waals surface area contributed by atoms with Crippen LogP contribution in [0.15, 0.2) is 36.4 Å². The summed E-state index contributed by atoms with van der Waals surface area (Å²) in [6, 6.07) is 7.95. The Morgan fingerprint density at radius 2 is 1.80 bits per heavy atom. The Labute approximate surface area is 114 Å². The molecule has 1 heterocycles. The summed E-state index contributed by atoms with van der Waals surface area (Å²) in [5.74, 6) is -0.456. The van der Waals surface area contributed by atoms with Crippen molar-refractivity contribution in [3.63, 3.8) is 0 Å². The summed E-state index contributed by atoms with van der Waals surface area (Å²) >= 11 is 0. The van der Waals surface area contributed by atoms with Crippen LogP contribution < -0.4 is 0 Å². The number of phenols is 1. The van der Waals surface area contributed by atoms with Gasteiger partial charge in [-0.2, -0.15) is 0 Å². The Balaban J connectivity index is 2.33. The molecule has 5 heteroatoms. The van der Waals surface area contributed by atoms with Crippen LogP contribution in [-0.2, 0) is 6.54 Å². The van der Waals surface area contributed by atoms with Crippen molar-refractivity contribution in [3.05, 3.63) is 48.0 Å². The zero-order chi connectivity index (χ0) is 14.3. The number of aromatic nitrogens is 2. The fourth-order valence-electron chi connectivity index (χ4n) is 2.31. The number of fused-ring (bicyclic) bond motifs is 1. The SMILES string of the molecule is CCn1c(-c2cc(F)ccc2O)nc2ccc(F)cc21. The van der Waals surface area contributed by atoms with Gasteiger partial charge in [-0.3, -0.25) is 0 Å². The highest BCUT2D eigenvalue weighted by Gasteiger charge is 2.15. The highest BCUT2D eigenvalue weighted by molar-refractivity contribution is 5.82. The van der Waals surface area contributed by atoms with Crippen LogP contribution in [0.25, 0.3) is 22.4 Å². The van der Waals surface area contributed by atoms with Crippen LogP contribution in [0.4, 0.5) is 8.78 Å². The summed E-state index contributed by atoms with van der Waals surface area (Å²) in [4.78, 5) is 4.37. The molecule has 0 saturated heterocycles. The van der Waals surface area contributed by atoms with Crippen molar-refractivity contribution < 1.29 is 13.9 Å². The number of aryl methyl sites for hydroxylation is 1. The second-order valence-corrected chi connectivity index (χ2v) is 4.47. The first-order valence-electron chi connectivity index (χ1n) is 6.25. The van der Waals surface area contributed by atoms with Gasteiger partial charge in [0.15, 0.2) is 0 Å². The molecule has 0 radical (unpaired) electrons. The number of benzene rings is 2. The second kappa shape index (κ2) is 4.59. The summed E-state index contributed by atoms with van der Waals surface area (Å²) in [5.41, 5.74) is 1.52. The average Bonchev–Trinajstić information content (AvgIpc) is 2.79. The van der Waals surface area contributed by atoms with Crippen molar-refractivity contribution in [3.8, 4) is 17.1 Å². The van der Waals surface area contributed by atoms with Crippen LogP contribution in [-0.4, -0.2) is 14.7 Å². The zero-order valence-corrected chi connectivity index (χ0v) is 10.8. The lowest BCUT2D eigenvalue weighted by Crippen LogP contribution is -1.98. The summed E-state index contributed by atoms with van der Waals surface area (Å²) < 4.78 is 28.5. The largest absolute Gasteiger partial charge is 0.507 e. The Bertz CT molecular complexity index is 796. The van der Waals surface area contributed by atoms with Gasteiger partial charge in [0.25, 0.3) is 0 Å². The molecule has 0 amide bonds. The van der Waals surface area contributed by atoms with Crippen LogP contribution in [0.2, 0.25) is 0 Å². The van der Waals surface area contributed by atoms with Crippen molar-refractivity contribution in [2.24, 2.45) is 0 Å². The van der Waals surface area contributed by atoms with Crippen molar-refractivity contribution in [1.29, 1.82) is 0 Å². The summed E-state index contributed by atoms with van der Waals surface area (Å²) in [6.07, 6.45) is 0. The predicted octanol–water partition coefficient (Wildman–Crippen LogP) is 3.71. The number of nitrogens with zero attached hydrogens (tertiary/aromatic N) is 2. The molecule has 3 nitrogen and oxygen atoms in total. The summed E-state index contributed by atoms with van der Waals surface area (Å²) in [6.45, 7) is 2.41. The van der Waals surface area contributed by atoms with E-state index in [1.807, 2.05) is 6.92 Å². The minimum Gasteiger partial charge on any atom is -0.507 e. The number of aromatic hydroxyl groups is 1. The third-order valence-corrected chi connectivity index (χ3v) is 3.23. The monoisotopic (exact) mass is 274 g/mol. The summed E-state index contributed by atoms with van der Waals surface area (Å²) in [7, 11) is 0. The number of halogens is 2. The lowest BCUT2D eigenvalue weighted by atomic mass is 10.2. The molecular formula is C15H12F2N2O. The maximum atomic E-state index is 13.4. The van der Waals surface area contributed by atoms with E-state index in [-0.39, 0.29) is 11.6 Å². The Kier molecular flexibility index (Phi) is 2.89. The summed E-state index contributed by atoms with van der Waals surface area (Å²) in [5, 5.41) is 9.89. The van der Waals surface area contributed by atoms with E-state index in [1.54, 1.807) is 10.6 Å². The minimum atomic E-state index is -0.460. The Morgan fingerprint density at radius 3 is 2.55 bits per heavy atom. The van der Waals surface area contributed by atoms with E-state index in [1.165, 1.54) is 30.3 Å². The fraction of sp³-hybridized carbons (Fsp3) is 0.133. The molecule has 2 aromatic carbocycles. The molecule has 0 fully saturated rings. The molecule has 0 spiro atoms. The molecule has 0 atom stereocenters. The number of hydrogen-bond acceptors (Lipinski definition) is 2. The smallest absolute Gasteiger partial charge is 0.144 e. The number of phenolic OH excluding ortho intramolecular Hbond substituents is 1. The third kappa shape index (κ3) is 1.91. The van der Waals surface area contributed by atoms with Crippen molar-refractivity contribution in [2.45, 2.75) is 13.5 Å². The van der Waals surface area contributed by atoms with E-state index in [4.69, 9.17) is 0 Å². The van der Waals surface area contributed by atoms with Crippen molar-refractivity contribution in [1.82, 2.24) is 9.55 Å². The molecule has 20 heavy (non-hydrogen) atoms. The van der Waals surface area contributed by atoms with Crippen molar-refractivity contribution in [2.75, 3.05) is 0 Å². The highest BCUT2D eigenvalue weighted by Crippen LogP contribution is 2.32. The van der Waals surface area contributed by atoms with Gasteiger partial charge in [0.05, 0.1) is 16.6 Å². The molecule has 3 aromatic rings. The van der Waals surface area contributed by atoms with E-state index >= 15 is 0 Å². The van der Waals surface area contributed by atoms with Gasteiger partial charge in [-0.1, -0.05) is 0 Å². The van der Waals surface area contributed by atoms with Gasteiger partial charge in [0, 0.05) is 6.54 Å². The molecular weight excluding hydrogens is 262 g/mol. The molecule has 0 aliphatic carbocycles. The van der Waals surface area contributed by atoms with E-state index in [0.29, 0.717) is 29.0 Å². The van der Waals surface area contributed by atoms with Crippen LogP contribution in [0.3, 0.4) is 0 Å². The zero-order valence-electron chi connectivity index (χ0n) is 10.8. The minimum absolute atomic E-state index is 0.0584. The maximum absolute atomic E-state index is 13.4. The van der Waals surface area contributed by atoms with Crippen LogP contribution >= 0.6 is 0 Å². The molecule has 1 aromatic heterocycles. The highest BCUT2D eigenvalue weighted by atomic mass is 19.1. The molecule has 0 aliphatic heterocycles. The normalized spacial score (nSPS) is 11.2. The molecule has 0 aliphatic rings. The van der Waals surface area contributed by atoms with Gasteiger partial charge in [0.2, 0.25) is 0 Å². The van der Waals surface area contributed by atoms with Gasteiger partial charge in [-0.25, -0.2) is 13.8 Å². The van der Waals surface area contributed by atoms with Gasteiger partial charge < -0.3 is 9.67 Å².